The van der Waals surface area contributed by atoms with Gasteiger partial charge in [0.25, 0.3) is 0 Å². The van der Waals surface area contributed by atoms with Gasteiger partial charge in [-0.15, -0.1) is 0 Å². The lowest BCUT2D eigenvalue weighted by atomic mass is 10.2. The Labute approximate surface area is 173 Å². The third-order valence-corrected chi connectivity index (χ3v) is 3.92. The summed E-state index contributed by atoms with van der Waals surface area (Å²) in [5.74, 6) is 2.02. The molecule has 0 aliphatic heterocycles. The van der Waals surface area contributed by atoms with Crippen LogP contribution in [0.25, 0.3) is 0 Å². The lowest BCUT2D eigenvalue weighted by molar-refractivity contribution is 0.397. The normalized spacial score (nSPS) is 9.31. The van der Waals surface area contributed by atoms with E-state index < -0.39 is 0 Å². The van der Waals surface area contributed by atoms with E-state index in [1.807, 2.05) is 55.7 Å². The molecule has 0 fully saturated rings. The second-order valence-electron chi connectivity index (χ2n) is 6.00. The van der Waals surface area contributed by atoms with Crippen molar-refractivity contribution in [1.29, 1.82) is 0 Å². The SMILES string of the molecule is CCc1ccc(OC)nc1.CCc1ccc(OC)nc1.COc1ccc(C)cn1. The molecule has 3 aromatic rings. The maximum atomic E-state index is 4.90. The Balaban J connectivity index is 0.000000218. The van der Waals surface area contributed by atoms with E-state index in [-0.39, 0.29) is 0 Å². The van der Waals surface area contributed by atoms with Crippen LogP contribution >= 0.6 is 0 Å². The predicted octanol–water partition coefficient (Wildman–Crippen LogP) is 4.70. The first-order valence-corrected chi connectivity index (χ1v) is 9.50. The van der Waals surface area contributed by atoms with Crippen LogP contribution in [0.3, 0.4) is 0 Å². The van der Waals surface area contributed by atoms with Gasteiger partial charge in [-0.3, -0.25) is 0 Å². The minimum Gasteiger partial charge on any atom is -0.481 e. The second kappa shape index (κ2) is 13.9. The largest absolute Gasteiger partial charge is 0.481 e. The monoisotopic (exact) mass is 397 g/mol. The van der Waals surface area contributed by atoms with Gasteiger partial charge in [-0.2, -0.15) is 0 Å². The van der Waals surface area contributed by atoms with Gasteiger partial charge in [0, 0.05) is 36.8 Å². The highest BCUT2D eigenvalue weighted by molar-refractivity contribution is 5.18. The van der Waals surface area contributed by atoms with E-state index in [0.29, 0.717) is 17.6 Å². The zero-order valence-electron chi connectivity index (χ0n) is 18.2. The van der Waals surface area contributed by atoms with Gasteiger partial charge in [0.15, 0.2) is 0 Å². The molecule has 0 atom stereocenters. The van der Waals surface area contributed by atoms with Crippen molar-refractivity contribution >= 4 is 0 Å². The first-order valence-electron chi connectivity index (χ1n) is 9.50. The summed E-state index contributed by atoms with van der Waals surface area (Å²) < 4.78 is 14.7. The Kier molecular flexibility index (Phi) is 11.5. The third-order valence-electron chi connectivity index (χ3n) is 3.92. The summed E-state index contributed by atoms with van der Waals surface area (Å²) in [5, 5.41) is 0. The number of hydrogen-bond acceptors (Lipinski definition) is 6. The molecule has 0 amide bonds. The van der Waals surface area contributed by atoms with Gasteiger partial charge >= 0.3 is 0 Å². The molecule has 156 valence electrons. The third kappa shape index (κ3) is 9.55. The van der Waals surface area contributed by atoms with Crippen LogP contribution in [0.1, 0.15) is 30.5 Å². The maximum absolute atomic E-state index is 4.90. The Morgan fingerprint density at radius 1 is 0.586 bits per heavy atom. The van der Waals surface area contributed by atoms with E-state index in [9.17, 15) is 0 Å². The van der Waals surface area contributed by atoms with Gasteiger partial charge in [-0.05, 0) is 36.5 Å². The molecule has 3 rings (SSSR count). The second-order valence-corrected chi connectivity index (χ2v) is 6.00. The summed E-state index contributed by atoms with van der Waals surface area (Å²) in [7, 11) is 4.85. The van der Waals surface area contributed by atoms with Crippen LogP contribution < -0.4 is 14.2 Å². The summed E-state index contributed by atoms with van der Waals surface area (Å²) in [6, 6.07) is 11.6. The Morgan fingerprint density at radius 3 is 1.21 bits per heavy atom. The predicted molar refractivity (Wildman–Crippen MR) is 116 cm³/mol. The molecule has 0 aliphatic carbocycles. The van der Waals surface area contributed by atoms with Gasteiger partial charge in [0.2, 0.25) is 17.6 Å². The molecule has 0 aromatic carbocycles. The summed E-state index contributed by atoms with van der Waals surface area (Å²) in [6.07, 6.45) is 7.49. The number of hydrogen-bond donors (Lipinski definition) is 0. The number of aryl methyl sites for hydroxylation is 3. The summed E-state index contributed by atoms with van der Waals surface area (Å²) in [6.45, 7) is 6.19. The quantitative estimate of drug-likeness (QED) is 0.621. The van der Waals surface area contributed by atoms with Crippen LogP contribution in [0.15, 0.2) is 55.0 Å². The minimum atomic E-state index is 0.667. The lowest BCUT2D eigenvalue weighted by Crippen LogP contribution is -1.87. The summed E-state index contributed by atoms with van der Waals surface area (Å²) in [5.41, 5.74) is 3.62. The highest BCUT2D eigenvalue weighted by Crippen LogP contribution is 2.07. The molecular weight excluding hydrogens is 366 g/mol. The number of methoxy groups -OCH3 is 3. The van der Waals surface area contributed by atoms with Gasteiger partial charge in [0.05, 0.1) is 21.3 Å². The summed E-state index contributed by atoms with van der Waals surface area (Å²) in [4.78, 5) is 12.1. The lowest BCUT2D eigenvalue weighted by Gasteiger charge is -1.97. The van der Waals surface area contributed by atoms with Crippen LogP contribution in [0.2, 0.25) is 0 Å². The van der Waals surface area contributed by atoms with Crippen molar-refractivity contribution < 1.29 is 14.2 Å². The van der Waals surface area contributed by atoms with E-state index >= 15 is 0 Å². The van der Waals surface area contributed by atoms with Crippen LogP contribution in [-0.4, -0.2) is 36.3 Å². The molecule has 3 heterocycles. The van der Waals surface area contributed by atoms with Gasteiger partial charge in [0.1, 0.15) is 0 Å². The molecule has 0 radical (unpaired) electrons. The standard InChI is InChI=1S/2C8H11NO.C7H9NO/c2*1-3-7-4-5-8(10-2)9-6-7;1-6-3-4-7(9-2)8-5-6/h2*4-6H,3H2,1-2H3;3-5H,1-2H3. The fraction of sp³-hybridized carbons (Fsp3) is 0.348. The first-order chi connectivity index (χ1) is 14.1. The van der Waals surface area contributed by atoms with Gasteiger partial charge < -0.3 is 14.2 Å². The number of aromatic nitrogens is 3. The smallest absolute Gasteiger partial charge is 0.212 e. The van der Waals surface area contributed by atoms with Gasteiger partial charge in [-0.1, -0.05) is 32.0 Å². The van der Waals surface area contributed by atoms with Crippen LogP contribution in [0.4, 0.5) is 0 Å². The van der Waals surface area contributed by atoms with E-state index in [1.54, 1.807) is 27.5 Å². The van der Waals surface area contributed by atoms with Crippen LogP contribution in [-0.2, 0) is 12.8 Å². The Bertz CT molecular complexity index is 696. The Hall–Kier alpha value is -3.15. The molecule has 6 nitrogen and oxygen atoms in total. The number of rotatable bonds is 5. The highest BCUT2D eigenvalue weighted by Gasteiger charge is 1.91. The fourth-order valence-electron chi connectivity index (χ4n) is 2.06. The molecule has 0 bridgehead atoms. The zero-order valence-corrected chi connectivity index (χ0v) is 18.2. The molecule has 6 heteroatoms. The Morgan fingerprint density at radius 2 is 0.966 bits per heavy atom. The maximum Gasteiger partial charge on any atom is 0.212 e. The van der Waals surface area contributed by atoms with Crippen LogP contribution in [0, 0.1) is 6.92 Å². The van der Waals surface area contributed by atoms with Crippen molar-refractivity contribution in [2.24, 2.45) is 0 Å². The van der Waals surface area contributed by atoms with Gasteiger partial charge in [-0.25, -0.2) is 15.0 Å². The van der Waals surface area contributed by atoms with E-state index in [4.69, 9.17) is 14.2 Å². The molecular formula is C23H31N3O3. The van der Waals surface area contributed by atoms with E-state index in [0.717, 1.165) is 18.4 Å². The van der Waals surface area contributed by atoms with Crippen LogP contribution in [0.5, 0.6) is 17.6 Å². The van der Waals surface area contributed by atoms with Crippen molar-refractivity contribution in [3.63, 3.8) is 0 Å². The number of nitrogens with zero attached hydrogens (tertiary/aromatic N) is 3. The molecule has 29 heavy (non-hydrogen) atoms. The average molecular weight is 398 g/mol. The topological polar surface area (TPSA) is 66.4 Å². The fourth-order valence-corrected chi connectivity index (χ4v) is 2.06. The molecule has 3 aromatic heterocycles. The summed E-state index contributed by atoms with van der Waals surface area (Å²) >= 11 is 0. The zero-order chi connectivity index (χ0) is 21.5. The molecule has 0 spiro atoms. The first kappa shape index (κ1) is 23.9. The van der Waals surface area contributed by atoms with Crippen molar-refractivity contribution in [1.82, 2.24) is 15.0 Å². The van der Waals surface area contributed by atoms with Crippen molar-refractivity contribution in [3.05, 3.63) is 71.7 Å². The minimum absolute atomic E-state index is 0.667. The molecule has 0 N–H and O–H groups in total. The molecule has 0 saturated heterocycles. The molecule has 0 unspecified atom stereocenters. The van der Waals surface area contributed by atoms with Crippen molar-refractivity contribution in [3.8, 4) is 17.6 Å². The number of ether oxygens (including phenoxy) is 3. The van der Waals surface area contributed by atoms with Crippen molar-refractivity contribution in [2.45, 2.75) is 33.6 Å². The molecule has 0 aliphatic rings. The van der Waals surface area contributed by atoms with Crippen molar-refractivity contribution in [2.75, 3.05) is 21.3 Å². The number of pyridine rings is 3. The van der Waals surface area contributed by atoms with E-state index in [1.165, 1.54) is 11.1 Å². The molecule has 0 saturated carbocycles. The highest BCUT2D eigenvalue weighted by atomic mass is 16.5. The van der Waals surface area contributed by atoms with E-state index in [2.05, 4.69) is 28.8 Å². The average Bonchev–Trinajstić information content (AvgIpc) is 2.80.